The van der Waals surface area contributed by atoms with Crippen LogP contribution >= 0.6 is 23.1 Å². The Morgan fingerprint density at radius 2 is 1.97 bits per heavy atom. The minimum Gasteiger partial charge on any atom is -0.462 e. The van der Waals surface area contributed by atoms with Crippen molar-refractivity contribution in [3.05, 3.63) is 45.8 Å². The Hall–Kier alpha value is -3.03. The van der Waals surface area contributed by atoms with Crippen molar-refractivity contribution in [2.45, 2.75) is 44.0 Å². The molecule has 0 spiro atoms. The minimum absolute atomic E-state index is 0.0490. The maximum Gasteiger partial charge on any atom is 0.348 e. The van der Waals surface area contributed by atoms with Crippen molar-refractivity contribution in [1.82, 2.24) is 14.9 Å². The molecule has 8 nitrogen and oxygen atoms in total. The van der Waals surface area contributed by atoms with Crippen LogP contribution < -0.4 is 11.6 Å². The number of aromatic nitrogens is 3. The van der Waals surface area contributed by atoms with Crippen LogP contribution in [0, 0.1) is 11.3 Å². The summed E-state index contributed by atoms with van der Waals surface area (Å²) in [5, 5.41) is 18.6. The summed E-state index contributed by atoms with van der Waals surface area (Å²) in [6.45, 7) is 8.42. The molecule has 0 aliphatic carbocycles. The fourth-order valence-corrected chi connectivity index (χ4v) is 4.84. The molecule has 0 unspecified atom stereocenters. The molecule has 0 radical (unpaired) electrons. The van der Waals surface area contributed by atoms with Gasteiger partial charge in [-0.15, -0.1) is 21.5 Å². The number of thioether (sulfide) groups is 1. The number of carbonyl (C=O) groups is 1. The molecule has 3 rings (SSSR count). The third-order valence-electron chi connectivity index (χ3n) is 4.63. The summed E-state index contributed by atoms with van der Waals surface area (Å²) >= 11 is 2.32. The lowest BCUT2D eigenvalue weighted by atomic mass is 9.87. The third-order valence-corrected chi connectivity index (χ3v) is 6.64. The van der Waals surface area contributed by atoms with Crippen molar-refractivity contribution in [2.24, 2.45) is 0 Å². The van der Waals surface area contributed by atoms with Gasteiger partial charge < -0.3 is 16.3 Å². The predicted octanol–water partition coefficient (Wildman–Crippen LogP) is 3.94. The quantitative estimate of drug-likeness (QED) is 0.324. The van der Waals surface area contributed by atoms with Crippen molar-refractivity contribution in [1.29, 1.82) is 5.26 Å². The number of hydrogen-bond donors (Lipinski definition) is 2. The van der Waals surface area contributed by atoms with Gasteiger partial charge in [-0.1, -0.05) is 56.8 Å². The van der Waals surface area contributed by atoms with E-state index >= 15 is 0 Å². The molecule has 1 aromatic carbocycles. The Morgan fingerprint density at radius 3 is 2.55 bits per heavy atom. The van der Waals surface area contributed by atoms with Crippen molar-refractivity contribution in [3.8, 4) is 17.5 Å². The monoisotopic (exact) mass is 456 g/mol. The van der Waals surface area contributed by atoms with Crippen LogP contribution in [0.3, 0.4) is 0 Å². The number of nitriles is 1. The molecule has 0 bridgehead atoms. The zero-order valence-electron chi connectivity index (χ0n) is 17.8. The molecule has 0 saturated carbocycles. The van der Waals surface area contributed by atoms with Crippen LogP contribution in [0.5, 0.6) is 0 Å². The van der Waals surface area contributed by atoms with Gasteiger partial charge in [0.2, 0.25) is 5.16 Å². The van der Waals surface area contributed by atoms with Crippen molar-refractivity contribution in [3.63, 3.8) is 0 Å². The zero-order chi connectivity index (χ0) is 22.8. The van der Waals surface area contributed by atoms with Crippen LogP contribution in [-0.4, -0.2) is 27.4 Å². The smallest absolute Gasteiger partial charge is 0.348 e. The SMILES string of the molecule is CCOC(=O)c1sc(N)c(C#N)c1CSc1nnc(-c2ccc(C(C)(C)C)cc2)n1N. The van der Waals surface area contributed by atoms with E-state index in [2.05, 4.69) is 49.2 Å². The van der Waals surface area contributed by atoms with E-state index in [9.17, 15) is 10.1 Å². The van der Waals surface area contributed by atoms with Gasteiger partial charge in [0.15, 0.2) is 5.82 Å². The number of esters is 1. The highest BCUT2D eigenvalue weighted by molar-refractivity contribution is 7.98. The number of rotatable bonds is 6. The number of anilines is 1. The third kappa shape index (κ3) is 4.68. The number of benzene rings is 1. The number of ether oxygens (including phenoxy) is 1. The first-order valence-electron chi connectivity index (χ1n) is 9.59. The highest BCUT2D eigenvalue weighted by Crippen LogP contribution is 2.35. The number of thiophene rings is 1. The van der Waals surface area contributed by atoms with Crippen LogP contribution in [-0.2, 0) is 15.9 Å². The minimum atomic E-state index is -0.495. The van der Waals surface area contributed by atoms with Gasteiger partial charge in [0.05, 0.1) is 12.2 Å². The summed E-state index contributed by atoms with van der Waals surface area (Å²) in [7, 11) is 0. The molecule has 2 aromatic heterocycles. The van der Waals surface area contributed by atoms with Gasteiger partial charge in [-0.25, -0.2) is 9.47 Å². The average Bonchev–Trinajstić information content (AvgIpc) is 3.25. The summed E-state index contributed by atoms with van der Waals surface area (Å²) in [5.74, 6) is 6.55. The topological polar surface area (TPSA) is 133 Å². The number of carbonyl (C=O) groups excluding carboxylic acids is 1. The summed E-state index contributed by atoms with van der Waals surface area (Å²) in [4.78, 5) is 12.6. The summed E-state index contributed by atoms with van der Waals surface area (Å²) in [5.41, 5.74) is 8.83. The predicted molar refractivity (Wildman–Crippen MR) is 123 cm³/mol. The molecule has 0 saturated heterocycles. The lowest BCUT2D eigenvalue weighted by molar-refractivity contribution is 0.0531. The number of nitrogen functional groups attached to an aromatic ring is 2. The van der Waals surface area contributed by atoms with E-state index in [1.54, 1.807) is 6.92 Å². The lowest BCUT2D eigenvalue weighted by Crippen LogP contribution is -2.13. The van der Waals surface area contributed by atoms with Gasteiger partial charge in [-0.2, -0.15) is 5.26 Å². The second kappa shape index (κ2) is 8.99. The van der Waals surface area contributed by atoms with Gasteiger partial charge in [-0.3, -0.25) is 0 Å². The standard InChI is InChI=1S/C21H24N6O2S2/c1-5-29-19(28)16-15(14(10-22)17(23)31-16)11-30-20-26-25-18(27(20)24)12-6-8-13(9-7-12)21(2,3)4/h6-9H,5,11,23-24H2,1-4H3. The van der Waals surface area contributed by atoms with Gasteiger partial charge in [0.25, 0.3) is 0 Å². The first kappa shape index (κ1) is 22.7. The van der Waals surface area contributed by atoms with E-state index in [0.717, 1.165) is 16.9 Å². The number of hydrogen-bond acceptors (Lipinski definition) is 9. The Labute approximate surface area is 189 Å². The van der Waals surface area contributed by atoms with E-state index in [0.29, 0.717) is 21.4 Å². The Balaban J connectivity index is 1.84. The highest BCUT2D eigenvalue weighted by atomic mass is 32.2. The second-order valence-electron chi connectivity index (χ2n) is 7.77. The Morgan fingerprint density at radius 1 is 1.29 bits per heavy atom. The Kier molecular flexibility index (Phi) is 6.57. The van der Waals surface area contributed by atoms with Gasteiger partial charge in [0, 0.05) is 16.9 Å². The maximum atomic E-state index is 12.3. The molecule has 0 aliphatic heterocycles. The molecule has 31 heavy (non-hydrogen) atoms. The summed E-state index contributed by atoms with van der Waals surface area (Å²) < 4.78 is 6.50. The molecule has 0 fully saturated rings. The van der Waals surface area contributed by atoms with Gasteiger partial charge >= 0.3 is 5.97 Å². The van der Waals surface area contributed by atoms with E-state index in [-0.39, 0.29) is 28.3 Å². The van der Waals surface area contributed by atoms with Crippen LogP contribution in [0.15, 0.2) is 29.4 Å². The van der Waals surface area contributed by atoms with Crippen LogP contribution in [0.25, 0.3) is 11.4 Å². The molecule has 2 heterocycles. The lowest BCUT2D eigenvalue weighted by Gasteiger charge is -2.19. The maximum absolute atomic E-state index is 12.3. The highest BCUT2D eigenvalue weighted by Gasteiger charge is 2.24. The molecule has 0 atom stereocenters. The van der Waals surface area contributed by atoms with E-state index in [1.165, 1.54) is 22.0 Å². The number of nitrogens with zero attached hydrogens (tertiary/aromatic N) is 4. The Bertz CT molecular complexity index is 1140. The fraction of sp³-hybridized carbons (Fsp3) is 0.333. The summed E-state index contributed by atoms with van der Waals surface area (Å²) in [6.07, 6.45) is 0. The van der Waals surface area contributed by atoms with E-state index in [1.807, 2.05) is 12.1 Å². The molecule has 162 valence electrons. The van der Waals surface area contributed by atoms with Crippen LogP contribution in [0.2, 0.25) is 0 Å². The zero-order valence-corrected chi connectivity index (χ0v) is 19.4. The average molecular weight is 457 g/mol. The first-order chi connectivity index (χ1) is 14.7. The molecule has 0 amide bonds. The van der Waals surface area contributed by atoms with Gasteiger partial charge in [-0.05, 0) is 17.9 Å². The molecule has 3 aromatic rings. The van der Waals surface area contributed by atoms with E-state index in [4.69, 9.17) is 16.3 Å². The van der Waals surface area contributed by atoms with Crippen molar-refractivity contribution < 1.29 is 9.53 Å². The molecule has 4 N–H and O–H groups in total. The van der Waals surface area contributed by atoms with Crippen LogP contribution in [0.4, 0.5) is 5.00 Å². The van der Waals surface area contributed by atoms with Crippen molar-refractivity contribution in [2.75, 3.05) is 18.2 Å². The molecular weight excluding hydrogens is 432 g/mol. The number of nitrogens with two attached hydrogens (primary N) is 2. The van der Waals surface area contributed by atoms with Crippen molar-refractivity contribution >= 4 is 34.1 Å². The van der Waals surface area contributed by atoms with Crippen LogP contribution in [0.1, 0.15) is 54.1 Å². The molecule has 10 heteroatoms. The normalized spacial score (nSPS) is 11.3. The first-order valence-corrected chi connectivity index (χ1v) is 11.4. The molecular formula is C21H24N6O2S2. The molecule has 0 aliphatic rings. The largest absolute Gasteiger partial charge is 0.462 e. The summed E-state index contributed by atoms with van der Waals surface area (Å²) in [6, 6.07) is 10.1. The van der Waals surface area contributed by atoms with Gasteiger partial charge in [0.1, 0.15) is 15.9 Å². The fourth-order valence-electron chi connectivity index (χ4n) is 2.93. The van der Waals surface area contributed by atoms with E-state index < -0.39 is 5.97 Å². The second-order valence-corrected chi connectivity index (χ2v) is 9.77.